The van der Waals surface area contributed by atoms with E-state index in [1.54, 1.807) is 0 Å². The first-order chi connectivity index (χ1) is 30.5. The molecule has 0 fully saturated rings. The summed E-state index contributed by atoms with van der Waals surface area (Å²) in [6, 6.07) is 17.4. The van der Waals surface area contributed by atoms with Crippen LogP contribution in [-0.2, 0) is 20.7 Å². The summed E-state index contributed by atoms with van der Waals surface area (Å²) in [5.74, 6) is -8.72. The van der Waals surface area contributed by atoms with E-state index in [0.717, 1.165) is 94.0 Å². The SMILES string of the molecule is COC(=O)c1ccc(-c2ccc(C(C)C(OC(=O)c3ccc(-c4ccc(C(C)C(O)(c5ccc(=O)[nH]c5)C(F)(F)F)c(Cl)c4)cc3F)(c3ccc(OC)nc3)C(F)(F)F)c(Cl)c2)cc1F. The number of hydrogen-bond acceptors (Lipinski definition) is 8. The smallest absolute Gasteiger partial charge is 0.433 e. The van der Waals surface area contributed by atoms with Gasteiger partial charge in [0.15, 0.2) is 5.60 Å². The number of methoxy groups -OCH3 is 2. The molecule has 2 aromatic heterocycles. The molecule has 65 heavy (non-hydrogen) atoms. The molecule has 0 aliphatic carbocycles. The molecule has 4 aromatic carbocycles. The number of carbonyl (C=O) groups excluding carboxylic acids is 2. The molecule has 0 saturated carbocycles. The van der Waals surface area contributed by atoms with Gasteiger partial charge in [-0.3, -0.25) is 4.79 Å². The number of benzene rings is 4. The third-order valence-electron chi connectivity index (χ3n) is 11.1. The predicted molar refractivity (Wildman–Crippen MR) is 223 cm³/mol. The number of carbonyl (C=O) groups is 2. The van der Waals surface area contributed by atoms with Crippen LogP contribution in [0.3, 0.4) is 0 Å². The Balaban J connectivity index is 1.36. The fourth-order valence-corrected chi connectivity index (χ4v) is 8.17. The minimum absolute atomic E-state index is 0.00614. The first-order valence-corrected chi connectivity index (χ1v) is 19.8. The molecule has 2 N–H and O–H groups in total. The van der Waals surface area contributed by atoms with Gasteiger partial charge in [-0.2, -0.15) is 26.3 Å². The maximum atomic E-state index is 16.0. The van der Waals surface area contributed by atoms with Gasteiger partial charge in [0.2, 0.25) is 17.0 Å². The summed E-state index contributed by atoms with van der Waals surface area (Å²) in [6.07, 6.45) is -9.21. The Bertz CT molecular complexity index is 2820. The molecule has 0 bridgehead atoms. The van der Waals surface area contributed by atoms with Crippen LogP contribution in [0.1, 0.15) is 68.7 Å². The number of hydrogen-bond donors (Lipinski definition) is 2. The van der Waals surface area contributed by atoms with Gasteiger partial charge in [0.25, 0.3) is 0 Å². The zero-order valence-corrected chi connectivity index (χ0v) is 35.7. The monoisotopic (exact) mass is 948 g/mol. The van der Waals surface area contributed by atoms with Crippen molar-refractivity contribution in [3.63, 3.8) is 0 Å². The molecule has 0 saturated heterocycles. The van der Waals surface area contributed by atoms with E-state index < -0.39 is 81.2 Å². The average Bonchev–Trinajstić information content (AvgIpc) is 3.26. The summed E-state index contributed by atoms with van der Waals surface area (Å²) in [4.78, 5) is 43.3. The van der Waals surface area contributed by atoms with Crippen molar-refractivity contribution < 1.29 is 64.0 Å². The van der Waals surface area contributed by atoms with Crippen molar-refractivity contribution >= 4 is 35.1 Å². The molecule has 340 valence electrons. The summed E-state index contributed by atoms with van der Waals surface area (Å²) in [5.41, 5.74) is -10.4. The molecule has 0 radical (unpaired) electrons. The van der Waals surface area contributed by atoms with Gasteiger partial charge in [0.05, 0.1) is 25.3 Å². The van der Waals surface area contributed by atoms with Crippen molar-refractivity contribution in [2.24, 2.45) is 0 Å². The van der Waals surface area contributed by atoms with Gasteiger partial charge >= 0.3 is 24.3 Å². The number of aliphatic hydroxyl groups is 1. The van der Waals surface area contributed by atoms with Crippen LogP contribution in [-0.4, -0.2) is 53.6 Å². The summed E-state index contributed by atoms with van der Waals surface area (Å²) in [5, 5.41) is 10.5. The van der Waals surface area contributed by atoms with E-state index >= 15 is 17.6 Å². The molecule has 0 amide bonds. The van der Waals surface area contributed by atoms with Gasteiger partial charge in [0.1, 0.15) is 11.6 Å². The molecule has 0 aliphatic heterocycles. The van der Waals surface area contributed by atoms with Crippen LogP contribution >= 0.6 is 23.2 Å². The number of alkyl halides is 6. The summed E-state index contributed by atoms with van der Waals surface area (Å²) >= 11 is 13.1. The maximum absolute atomic E-state index is 16.0. The second-order valence-electron chi connectivity index (χ2n) is 14.7. The number of aromatic nitrogens is 2. The zero-order chi connectivity index (χ0) is 47.8. The average molecular weight is 950 g/mol. The number of H-pyrrole nitrogens is 1. The highest BCUT2D eigenvalue weighted by Gasteiger charge is 2.64. The Hall–Kier alpha value is -6.30. The van der Waals surface area contributed by atoms with Gasteiger partial charge in [-0.05, 0) is 81.9 Å². The third kappa shape index (κ3) is 9.04. The molecule has 19 heteroatoms. The van der Waals surface area contributed by atoms with Crippen molar-refractivity contribution in [1.29, 1.82) is 0 Å². The molecule has 6 aromatic rings. The molecule has 4 atom stereocenters. The molecular formula is C46H34Cl2F8N2O7. The zero-order valence-electron chi connectivity index (χ0n) is 34.2. The van der Waals surface area contributed by atoms with E-state index in [4.69, 9.17) is 32.7 Å². The van der Waals surface area contributed by atoms with Crippen LogP contribution in [0.15, 0.2) is 114 Å². The highest BCUT2D eigenvalue weighted by molar-refractivity contribution is 6.32. The predicted octanol–water partition coefficient (Wildman–Crippen LogP) is 11.5. The number of esters is 2. The summed E-state index contributed by atoms with van der Waals surface area (Å²) in [6.45, 7) is 2.13. The van der Waals surface area contributed by atoms with E-state index in [1.165, 1.54) is 43.5 Å². The van der Waals surface area contributed by atoms with E-state index in [9.17, 15) is 37.1 Å². The van der Waals surface area contributed by atoms with Crippen molar-refractivity contribution in [2.45, 2.75) is 49.2 Å². The van der Waals surface area contributed by atoms with Crippen LogP contribution in [0.4, 0.5) is 35.1 Å². The maximum Gasteiger partial charge on any atom is 0.433 e. The molecule has 9 nitrogen and oxygen atoms in total. The van der Waals surface area contributed by atoms with E-state index in [0.29, 0.717) is 0 Å². The highest BCUT2D eigenvalue weighted by Crippen LogP contribution is 2.54. The molecule has 6 rings (SSSR count). The quantitative estimate of drug-likeness (QED) is 0.0917. The molecule has 0 spiro atoms. The highest BCUT2D eigenvalue weighted by atomic mass is 35.5. The third-order valence-corrected chi connectivity index (χ3v) is 11.8. The van der Waals surface area contributed by atoms with Crippen molar-refractivity contribution in [2.75, 3.05) is 14.2 Å². The lowest BCUT2D eigenvalue weighted by Gasteiger charge is -2.40. The van der Waals surface area contributed by atoms with Crippen molar-refractivity contribution in [3.8, 4) is 28.1 Å². The standard InChI is InChI=1S/C46H34Cl2F8N2O7/c1-23(43(62,45(51,52)53)29-9-15-39(59)57-21-29)31-11-5-25(17-35(31)47)28-8-14-34(38(50)20-28)42(61)65-44(46(54,55)56,30-10-16-40(63-3)58-22-30)24(2)32-12-6-26(18-36(32)48)27-7-13-33(37(49)19-27)41(60)64-4/h5-24,62H,1-4H3,(H,57,59). The number of nitrogens with one attached hydrogen (secondary N) is 1. The first-order valence-electron chi connectivity index (χ1n) is 19.0. The second kappa shape index (κ2) is 18.3. The molecule has 4 unspecified atom stereocenters. The molecule has 2 heterocycles. The summed E-state index contributed by atoms with van der Waals surface area (Å²) in [7, 11) is 2.29. The Morgan fingerprint density at radius 1 is 0.662 bits per heavy atom. The number of halogens is 10. The van der Waals surface area contributed by atoms with E-state index in [1.807, 2.05) is 0 Å². The Labute approximate surface area is 374 Å². The minimum atomic E-state index is -5.45. The van der Waals surface area contributed by atoms with Crippen LogP contribution in [0.5, 0.6) is 5.88 Å². The van der Waals surface area contributed by atoms with Crippen LogP contribution in [0, 0.1) is 11.6 Å². The fourth-order valence-electron chi connectivity index (χ4n) is 7.48. The van der Waals surface area contributed by atoms with E-state index in [-0.39, 0.29) is 54.9 Å². The van der Waals surface area contributed by atoms with Gasteiger partial charge in [-0.25, -0.2) is 23.4 Å². The van der Waals surface area contributed by atoms with Crippen LogP contribution in [0.2, 0.25) is 10.0 Å². The van der Waals surface area contributed by atoms with Crippen LogP contribution in [0.25, 0.3) is 22.3 Å². The molecule has 0 aliphatic rings. The van der Waals surface area contributed by atoms with Crippen molar-refractivity contribution in [3.05, 3.63) is 175 Å². The van der Waals surface area contributed by atoms with Gasteiger partial charge in [-0.15, -0.1) is 0 Å². The number of ether oxygens (including phenoxy) is 3. The van der Waals surface area contributed by atoms with Crippen LogP contribution < -0.4 is 10.3 Å². The van der Waals surface area contributed by atoms with Gasteiger partial charge < -0.3 is 24.3 Å². The Morgan fingerprint density at radius 2 is 1.15 bits per heavy atom. The molecular weight excluding hydrogens is 915 g/mol. The Morgan fingerprint density at radius 3 is 1.57 bits per heavy atom. The minimum Gasteiger partial charge on any atom is -0.481 e. The fraction of sp³-hybridized carbons (Fsp3) is 0.217. The second-order valence-corrected chi connectivity index (χ2v) is 15.5. The number of aromatic amines is 1. The lowest BCUT2D eigenvalue weighted by molar-refractivity contribution is -0.274. The van der Waals surface area contributed by atoms with Gasteiger partial charge in [-0.1, -0.05) is 73.4 Å². The topological polar surface area (TPSA) is 128 Å². The van der Waals surface area contributed by atoms with Crippen molar-refractivity contribution in [1.82, 2.24) is 9.97 Å². The first kappa shape index (κ1) is 48.2. The Kier molecular flexibility index (Phi) is 13.6. The summed E-state index contributed by atoms with van der Waals surface area (Å²) < 4.78 is 137. The lowest BCUT2D eigenvalue weighted by atomic mass is 9.77. The number of pyridine rings is 2. The van der Waals surface area contributed by atoms with Gasteiger partial charge in [0, 0.05) is 57.5 Å². The normalized spacial score (nSPS) is 14.7. The van der Waals surface area contributed by atoms with E-state index in [2.05, 4.69) is 14.7 Å². The number of rotatable bonds is 12. The lowest BCUT2D eigenvalue weighted by Crippen LogP contribution is -2.50. The largest absolute Gasteiger partial charge is 0.481 e. The number of nitrogens with zero attached hydrogens (tertiary/aromatic N) is 1.